The summed E-state index contributed by atoms with van der Waals surface area (Å²) in [5.41, 5.74) is 1.24. The van der Waals surface area contributed by atoms with Crippen LogP contribution in [0.15, 0.2) is 49.2 Å². The molecule has 2 aliphatic rings. The lowest BCUT2D eigenvalue weighted by Gasteiger charge is -2.30. The van der Waals surface area contributed by atoms with Gasteiger partial charge in [0.05, 0.1) is 0 Å². The summed E-state index contributed by atoms with van der Waals surface area (Å²) in [7, 11) is 0. The van der Waals surface area contributed by atoms with E-state index in [0.29, 0.717) is 0 Å². The molecule has 0 aromatic carbocycles. The van der Waals surface area contributed by atoms with E-state index in [9.17, 15) is 0 Å². The van der Waals surface area contributed by atoms with Gasteiger partial charge in [-0.05, 0) is 69.1 Å². The zero-order valence-corrected chi connectivity index (χ0v) is 13.3. The third-order valence-corrected chi connectivity index (χ3v) is 4.66. The summed E-state index contributed by atoms with van der Waals surface area (Å²) in [6.45, 7) is 13.7. The van der Waals surface area contributed by atoms with Gasteiger partial charge in [-0.2, -0.15) is 0 Å². The highest BCUT2D eigenvalue weighted by atomic mass is 15.1. The van der Waals surface area contributed by atoms with Gasteiger partial charge in [0.1, 0.15) is 0 Å². The molecule has 0 saturated carbocycles. The van der Waals surface area contributed by atoms with Crippen molar-refractivity contribution in [2.75, 3.05) is 32.7 Å². The van der Waals surface area contributed by atoms with Gasteiger partial charge in [0.15, 0.2) is 0 Å². The van der Waals surface area contributed by atoms with Crippen LogP contribution in [0.2, 0.25) is 0 Å². The molecule has 1 fully saturated rings. The minimum Gasteiger partial charge on any atom is -0.374 e. The minimum absolute atomic E-state index is 0.764. The number of unbranched alkanes of at least 4 members (excludes halogenated alkanes) is 2. The molecule has 0 N–H and O–H groups in total. The van der Waals surface area contributed by atoms with Gasteiger partial charge in [-0.25, -0.2) is 0 Å². The molecule has 0 atom stereocenters. The summed E-state index contributed by atoms with van der Waals surface area (Å²) in [5, 5.41) is 0. The Morgan fingerprint density at radius 2 is 1.86 bits per heavy atom. The number of hydrogen-bond donors (Lipinski definition) is 0. The fourth-order valence-electron chi connectivity index (χ4n) is 3.10. The summed E-state index contributed by atoms with van der Waals surface area (Å²) in [6, 6.07) is 0. The van der Waals surface area contributed by atoms with Gasteiger partial charge in [0.25, 0.3) is 0 Å². The molecule has 2 heterocycles. The highest BCUT2D eigenvalue weighted by molar-refractivity contribution is 5.31. The van der Waals surface area contributed by atoms with Crippen LogP contribution < -0.4 is 0 Å². The summed E-state index contributed by atoms with van der Waals surface area (Å²) < 4.78 is 0. The van der Waals surface area contributed by atoms with E-state index in [0.717, 1.165) is 12.5 Å². The molecule has 0 aliphatic carbocycles. The first-order chi connectivity index (χ1) is 10.3. The van der Waals surface area contributed by atoms with Gasteiger partial charge in [-0.3, -0.25) is 0 Å². The lowest BCUT2D eigenvalue weighted by atomic mass is 9.97. The second-order valence-corrected chi connectivity index (χ2v) is 6.19. The standard InChI is InChI=1S/C19H30N2/c1-3-18-8-14-20(15-9-18)12-6-5-7-13-21-16-10-19(4-2)11-17-21/h3-4,8-9,14,19H,1-2,5-7,10-13,15-17H2. The highest BCUT2D eigenvalue weighted by Crippen LogP contribution is 2.18. The maximum Gasteiger partial charge on any atom is 0.0362 e. The average molecular weight is 286 g/mol. The summed E-state index contributed by atoms with van der Waals surface area (Å²) in [6.07, 6.45) is 17.2. The predicted molar refractivity (Wildman–Crippen MR) is 92.2 cm³/mol. The van der Waals surface area contributed by atoms with Gasteiger partial charge in [0, 0.05) is 13.1 Å². The third kappa shape index (κ3) is 5.55. The van der Waals surface area contributed by atoms with Crippen LogP contribution in [0, 0.1) is 5.92 Å². The Morgan fingerprint density at radius 3 is 2.48 bits per heavy atom. The van der Waals surface area contributed by atoms with Gasteiger partial charge in [-0.1, -0.05) is 31.2 Å². The molecule has 2 rings (SSSR count). The van der Waals surface area contributed by atoms with E-state index in [1.807, 2.05) is 6.08 Å². The summed E-state index contributed by atoms with van der Waals surface area (Å²) in [4.78, 5) is 5.02. The molecule has 0 amide bonds. The summed E-state index contributed by atoms with van der Waals surface area (Å²) in [5.74, 6) is 0.764. The molecule has 0 aromatic heterocycles. The Bertz CT molecular complexity index is 386. The van der Waals surface area contributed by atoms with Crippen LogP contribution >= 0.6 is 0 Å². The van der Waals surface area contributed by atoms with Crippen LogP contribution in [0.1, 0.15) is 32.1 Å². The molecule has 0 radical (unpaired) electrons. The normalized spacial score (nSPS) is 20.4. The molecule has 2 nitrogen and oxygen atoms in total. The first-order valence-electron chi connectivity index (χ1n) is 8.41. The van der Waals surface area contributed by atoms with E-state index in [-0.39, 0.29) is 0 Å². The Balaban J connectivity index is 1.49. The number of likely N-dealkylation sites (tertiary alicyclic amines) is 1. The first kappa shape index (κ1) is 16.1. The molecule has 116 valence electrons. The second-order valence-electron chi connectivity index (χ2n) is 6.19. The molecule has 2 heteroatoms. The van der Waals surface area contributed by atoms with Crippen molar-refractivity contribution in [1.29, 1.82) is 0 Å². The van der Waals surface area contributed by atoms with Gasteiger partial charge < -0.3 is 9.80 Å². The van der Waals surface area contributed by atoms with E-state index in [1.165, 1.54) is 63.9 Å². The lowest BCUT2D eigenvalue weighted by Crippen LogP contribution is -2.33. The zero-order chi connectivity index (χ0) is 14.9. The maximum absolute atomic E-state index is 3.91. The molecule has 2 aliphatic heterocycles. The third-order valence-electron chi connectivity index (χ3n) is 4.66. The molecule has 0 bridgehead atoms. The van der Waals surface area contributed by atoms with Crippen LogP contribution in [0.3, 0.4) is 0 Å². The van der Waals surface area contributed by atoms with Crippen LogP contribution in [-0.4, -0.2) is 42.5 Å². The van der Waals surface area contributed by atoms with Crippen molar-refractivity contribution in [2.45, 2.75) is 32.1 Å². The first-order valence-corrected chi connectivity index (χ1v) is 8.41. The Kier molecular flexibility index (Phi) is 6.81. The Morgan fingerprint density at radius 1 is 1.10 bits per heavy atom. The minimum atomic E-state index is 0.764. The number of nitrogens with zero attached hydrogens (tertiary/aromatic N) is 2. The molecule has 0 spiro atoms. The SMILES string of the molecule is C=CC1=CCN(CCCCCN2CCC(C=C)CC2)C=C1. The maximum atomic E-state index is 3.91. The van der Waals surface area contributed by atoms with E-state index >= 15 is 0 Å². The predicted octanol–water partition coefficient (Wildman–Crippen LogP) is 4.00. The smallest absolute Gasteiger partial charge is 0.0362 e. The Hall–Kier alpha value is -1.28. The summed E-state index contributed by atoms with van der Waals surface area (Å²) >= 11 is 0. The van der Waals surface area contributed by atoms with E-state index in [2.05, 4.69) is 47.4 Å². The average Bonchev–Trinajstić information content (AvgIpc) is 2.55. The van der Waals surface area contributed by atoms with Gasteiger partial charge in [-0.15, -0.1) is 6.58 Å². The van der Waals surface area contributed by atoms with Crippen molar-refractivity contribution in [3.05, 3.63) is 49.2 Å². The molecule has 1 saturated heterocycles. The molecular weight excluding hydrogens is 256 g/mol. The van der Waals surface area contributed by atoms with Crippen molar-refractivity contribution in [3.8, 4) is 0 Å². The van der Waals surface area contributed by atoms with Crippen LogP contribution in [-0.2, 0) is 0 Å². The van der Waals surface area contributed by atoms with Crippen molar-refractivity contribution >= 4 is 0 Å². The molecule has 21 heavy (non-hydrogen) atoms. The number of rotatable bonds is 8. The van der Waals surface area contributed by atoms with E-state index in [4.69, 9.17) is 0 Å². The monoisotopic (exact) mass is 286 g/mol. The molecular formula is C19H30N2. The van der Waals surface area contributed by atoms with Gasteiger partial charge in [0.2, 0.25) is 0 Å². The topological polar surface area (TPSA) is 6.48 Å². The van der Waals surface area contributed by atoms with Gasteiger partial charge >= 0.3 is 0 Å². The van der Waals surface area contributed by atoms with Crippen LogP contribution in [0.25, 0.3) is 0 Å². The lowest BCUT2D eigenvalue weighted by molar-refractivity contribution is 0.199. The van der Waals surface area contributed by atoms with Crippen LogP contribution in [0.5, 0.6) is 0 Å². The fourth-order valence-corrected chi connectivity index (χ4v) is 3.10. The fraction of sp³-hybridized carbons (Fsp3) is 0.579. The highest BCUT2D eigenvalue weighted by Gasteiger charge is 2.15. The van der Waals surface area contributed by atoms with Crippen LogP contribution in [0.4, 0.5) is 0 Å². The van der Waals surface area contributed by atoms with E-state index in [1.54, 1.807) is 0 Å². The second kappa shape index (κ2) is 8.89. The number of hydrogen-bond acceptors (Lipinski definition) is 2. The Labute approximate surface area is 130 Å². The van der Waals surface area contributed by atoms with Crippen molar-refractivity contribution in [3.63, 3.8) is 0 Å². The quantitative estimate of drug-likeness (QED) is 0.491. The van der Waals surface area contributed by atoms with E-state index < -0.39 is 0 Å². The number of allylic oxidation sites excluding steroid dienone is 4. The van der Waals surface area contributed by atoms with Crippen molar-refractivity contribution in [1.82, 2.24) is 9.80 Å². The van der Waals surface area contributed by atoms with Crippen molar-refractivity contribution < 1.29 is 0 Å². The molecule has 0 unspecified atom stereocenters. The molecule has 0 aromatic rings. The largest absolute Gasteiger partial charge is 0.374 e. The zero-order valence-electron chi connectivity index (χ0n) is 13.3. The van der Waals surface area contributed by atoms with Crippen molar-refractivity contribution in [2.24, 2.45) is 5.92 Å². The number of piperidine rings is 1.